The van der Waals surface area contributed by atoms with Gasteiger partial charge in [0.05, 0.1) is 16.5 Å². The average molecular weight is 430 g/mol. The maximum absolute atomic E-state index is 11.9. The van der Waals surface area contributed by atoms with E-state index in [4.69, 9.17) is 39.5 Å². The number of amides is 2. The Morgan fingerprint density at radius 3 is 2.52 bits per heavy atom. The number of rotatable bonds is 7. The van der Waals surface area contributed by atoms with Gasteiger partial charge in [-0.25, -0.2) is 10.4 Å². The van der Waals surface area contributed by atoms with Gasteiger partial charge in [-0.15, -0.1) is 0 Å². The molecule has 10 heteroatoms. The average Bonchev–Trinajstić information content (AvgIpc) is 2.61. The molecule has 27 heavy (non-hydrogen) atoms. The molecule has 142 valence electrons. The van der Waals surface area contributed by atoms with Gasteiger partial charge in [0.2, 0.25) is 5.91 Å². The Morgan fingerprint density at radius 2 is 1.85 bits per heavy atom. The molecule has 0 saturated heterocycles. The fraction of sp³-hybridized carbons (Fsp3) is 0.176. The number of carbonyl (C=O) groups excluding carboxylic acids is 2. The van der Waals surface area contributed by atoms with Crippen molar-refractivity contribution >= 4 is 58.1 Å². The van der Waals surface area contributed by atoms with Crippen molar-refractivity contribution in [1.82, 2.24) is 10.4 Å². The van der Waals surface area contributed by atoms with E-state index in [1.54, 1.807) is 31.2 Å². The van der Waals surface area contributed by atoms with Crippen LogP contribution in [-0.2, 0) is 9.59 Å². The van der Waals surface area contributed by atoms with Crippen molar-refractivity contribution in [3.63, 3.8) is 0 Å². The summed E-state index contributed by atoms with van der Waals surface area (Å²) in [5.74, 6) is -0.133. The first-order chi connectivity index (χ1) is 12.8. The van der Waals surface area contributed by atoms with E-state index in [1.807, 2.05) is 0 Å². The van der Waals surface area contributed by atoms with Crippen molar-refractivity contribution in [1.29, 1.82) is 0 Å². The topological polar surface area (TPSA) is 92.7 Å². The molecule has 0 unspecified atom stereocenters. The summed E-state index contributed by atoms with van der Waals surface area (Å²) in [5, 5.41) is 7.67. The molecule has 0 spiro atoms. The van der Waals surface area contributed by atoms with Gasteiger partial charge in [0.15, 0.2) is 6.61 Å². The van der Waals surface area contributed by atoms with Crippen molar-refractivity contribution in [3.05, 3.63) is 51.6 Å². The molecule has 1 aromatic heterocycles. The normalized spacial score (nSPS) is 11.0. The number of pyridine rings is 1. The SMILES string of the molecule is C/C(CC(=O)Nc1ccc(Cl)cn1)=N\NC(=O)COc1ccc(Cl)cc1Cl. The largest absolute Gasteiger partial charge is 0.482 e. The van der Waals surface area contributed by atoms with Gasteiger partial charge in [-0.3, -0.25) is 9.59 Å². The van der Waals surface area contributed by atoms with E-state index < -0.39 is 5.91 Å². The highest BCUT2D eigenvalue weighted by atomic mass is 35.5. The molecule has 0 aliphatic carbocycles. The smallest absolute Gasteiger partial charge is 0.277 e. The molecular formula is C17H15Cl3N4O3. The third-order valence-electron chi connectivity index (χ3n) is 3.04. The van der Waals surface area contributed by atoms with Crippen LogP contribution in [0.2, 0.25) is 15.1 Å². The third-order valence-corrected chi connectivity index (χ3v) is 3.79. The molecule has 0 fully saturated rings. The van der Waals surface area contributed by atoms with Gasteiger partial charge in [0.25, 0.3) is 5.91 Å². The summed E-state index contributed by atoms with van der Waals surface area (Å²) in [6.45, 7) is 1.31. The summed E-state index contributed by atoms with van der Waals surface area (Å²) in [7, 11) is 0. The number of nitrogens with zero attached hydrogens (tertiary/aromatic N) is 2. The standard InChI is InChI=1S/C17H15Cl3N4O3/c1-10(6-16(25)22-15-5-3-12(19)8-21-15)23-24-17(26)9-27-14-4-2-11(18)7-13(14)20/h2-5,7-8H,6,9H2,1H3,(H,24,26)(H,21,22,25)/b23-10+. The Labute approximate surface area is 170 Å². The van der Waals surface area contributed by atoms with Crippen LogP contribution in [0.25, 0.3) is 0 Å². The van der Waals surface area contributed by atoms with Gasteiger partial charge in [-0.1, -0.05) is 34.8 Å². The number of nitrogens with one attached hydrogen (secondary N) is 2. The number of halogens is 3. The summed E-state index contributed by atoms with van der Waals surface area (Å²) in [4.78, 5) is 27.6. The van der Waals surface area contributed by atoms with Crippen molar-refractivity contribution in [2.24, 2.45) is 5.10 Å². The molecule has 0 aliphatic heterocycles. The van der Waals surface area contributed by atoms with E-state index in [2.05, 4.69) is 20.8 Å². The number of hydrogen-bond donors (Lipinski definition) is 2. The minimum absolute atomic E-state index is 0.0194. The van der Waals surface area contributed by atoms with Crippen molar-refractivity contribution in [2.45, 2.75) is 13.3 Å². The molecule has 2 aromatic rings. The van der Waals surface area contributed by atoms with Gasteiger partial charge >= 0.3 is 0 Å². The second-order valence-electron chi connectivity index (χ2n) is 5.33. The number of benzene rings is 1. The maximum atomic E-state index is 11.9. The van der Waals surface area contributed by atoms with Crippen LogP contribution in [0.15, 0.2) is 41.6 Å². The summed E-state index contributed by atoms with van der Waals surface area (Å²) in [6, 6.07) is 7.84. The first-order valence-electron chi connectivity index (χ1n) is 7.65. The molecule has 1 heterocycles. The molecule has 1 aromatic carbocycles. The molecule has 2 amide bonds. The highest BCUT2D eigenvalue weighted by molar-refractivity contribution is 6.35. The lowest BCUT2D eigenvalue weighted by molar-refractivity contribution is -0.123. The van der Waals surface area contributed by atoms with E-state index in [0.29, 0.717) is 32.3 Å². The van der Waals surface area contributed by atoms with Crippen LogP contribution in [0.3, 0.4) is 0 Å². The third kappa shape index (κ3) is 7.42. The van der Waals surface area contributed by atoms with Crippen LogP contribution in [0.5, 0.6) is 5.75 Å². The number of aromatic nitrogens is 1. The second-order valence-corrected chi connectivity index (χ2v) is 6.61. The van der Waals surface area contributed by atoms with Crippen LogP contribution in [0.1, 0.15) is 13.3 Å². The molecule has 0 bridgehead atoms. The molecule has 2 rings (SSSR count). The number of hydrazone groups is 1. The zero-order valence-corrected chi connectivity index (χ0v) is 16.4. The lowest BCUT2D eigenvalue weighted by Crippen LogP contribution is -2.26. The number of carbonyl (C=O) groups is 2. The fourth-order valence-corrected chi connectivity index (χ4v) is 2.41. The fourth-order valence-electron chi connectivity index (χ4n) is 1.83. The quantitative estimate of drug-likeness (QED) is 0.515. The zero-order chi connectivity index (χ0) is 19.8. The summed E-state index contributed by atoms with van der Waals surface area (Å²) < 4.78 is 5.29. The second kappa shape index (κ2) is 10.1. The minimum atomic E-state index is -0.500. The van der Waals surface area contributed by atoms with E-state index in [0.717, 1.165) is 0 Å². The highest BCUT2D eigenvalue weighted by Gasteiger charge is 2.08. The van der Waals surface area contributed by atoms with Crippen LogP contribution < -0.4 is 15.5 Å². The van der Waals surface area contributed by atoms with E-state index in [1.165, 1.54) is 12.3 Å². The molecule has 0 atom stereocenters. The number of hydrogen-bond acceptors (Lipinski definition) is 5. The summed E-state index contributed by atoms with van der Waals surface area (Å²) in [6.07, 6.45) is 1.40. The molecule has 0 radical (unpaired) electrons. The van der Waals surface area contributed by atoms with Crippen LogP contribution in [0, 0.1) is 0 Å². The molecule has 7 nitrogen and oxygen atoms in total. The Balaban J connectivity index is 1.77. The first-order valence-corrected chi connectivity index (χ1v) is 8.78. The van der Waals surface area contributed by atoms with Gasteiger partial charge in [-0.05, 0) is 37.3 Å². The van der Waals surface area contributed by atoms with Crippen molar-refractivity contribution < 1.29 is 14.3 Å². The predicted molar refractivity (Wildman–Crippen MR) is 106 cm³/mol. The van der Waals surface area contributed by atoms with Gasteiger partial charge in [0.1, 0.15) is 11.6 Å². The van der Waals surface area contributed by atoms with Gasteiger partial charge < -0.3 is 10.1 Å². The Bertz CT molecular complexity index is 857. The van der Waals surface area contributed by atoms with E-state index in [-0.39, 0.29) is 18.9 Å². The molecule has 2 N–H and O–H groups in total. The summed E-state index contributed by atoms with van der Waals surface area (Å²) in [5.41, 5.74) is 2.70. The number of anilines is 1. The van der Waals surface area contributed by atoms with Crippen LogP contribution in [0.4, 0.5) is 5.82 Å². The maximum Gasteiger partial charge on any atom is 0.277 e. The highest BCUT2D eigenvalue weighted by Crippen LogP contribution is 2.27. The van der Waals surface area contributed by atoms with Crippen LogP contribution in [-0.4, -0.2) is 29.1 Å². The zero-order valence-electron chi connectivity index (χ0n) is 14.1. The Kier molecular flexibility index (Phi) is 7.84. The van der Waals surface area contributed by atoms with Crippen molar-refractivity contribution in [2.75, 3.05) is 11.9 Å². The van der Waals surface area contributed by atoms with Crippen LogP contribution >= 0.6 is 34.8 Å². The monoisotopic (exact) mass is 428 g/mol. The first kappa shape index (κ1) is 21.0. The molecule has 0 aliphatic rings. The lowest BCUT2D eigenvalue weighted by atomic mass is 10.3. The Hall–Kier alpha value is -2.35. The van der Waals surface area contributed by atoms with Crippen molar-refractivity contribution in [3.8, 4) is 5.75 Å². The van der Waals surface area contributed by atoms with E-state index in [9.17, 15) is 9.59 Å². The Morgan fingerprint density at radius 1 is 1.11 bits per heavy atom. The molecular weight excluding hydrogens is 415 g/mol. The lowest BCUT2D eigenvalue weighted by Gasteiger charge is -2.08. The van der Waals surface area contributed by atoms with Gasteiger partial charge in [0, 0.05) is 16.9 Å². The molecule has 0 saturated carbocycles. The number of ether oxygens (including phenoxy) is 1. The predicted octanol–water partition coefficient (Wildman–Crippen LogP) is 3.94. The van der Waals surface area contributed by atoms with Gasteiger partial charge in [-0.2, -0.15) is 5.10 Å². The summed E-state index contributed by atoms with van der Waals surface area (Å²) >= 11 is 17.5. The minimum Gasteiger partial charge on any atom is -0.482 e. The van der Waals surface area contributed by atoms with E-state index >= 15 is 0 Å².